The molecule has 0 aliphatic carbocycles. The smallest absolute Gasteiger partial charge is 0.416 e. The van der Waals surface area contributed by atoms with Crippen molar-refractivity contribution in [2.45, 2.75) is 24.0 Å². The molecule has 7 nitrogen and oxygen atoms in total. The van der Waals surface area contributed by atoms with E-state index < -0.39 is 29.1 Å². The molecule has 0 saturated carbocycles. The van der Waals surface area contributed by atoms with Gasteiger partial charge in [-0.3, -0.25) is 14.9 Å². The minimum atomic E-state index is -4.55. The van der Waals surface area contributed by atoms with Gasteiger partial charge in [-0.1, -0.05) is 36.0 Å². The second kappa shape index (κ2) is 10.6. The summed E-state index contributed by atoms with van der Waals surface area (Å²) in [5.41, 5.74) is 0.312. The lowest BCUT2D eigenvalue weighted by molar-refractivity contribution is -0.146. The Morgan fingerprint density at radius 1 is 1.14 bits per heavy atom. The first kappa shape index (κ1) is 25.0. The van der Waals surface area contributed by atoms with Gasteiger partial charge in [-0.15, -0.1) is 11.8 Å². The van der Waals surface area contributed by atoms with E-state index in [1.807, 2.05) is 0 Å². The number of amides is 2. The molecule has 2 atom stereocenters. The Kier molecular flexibility index (Phi) is 7.60. The van der Waals surface area contributed by atoms with Gasteiger partial charge in [-0.25, -0.2) is 4.79 Å². The lowest BCUT2D eigenvalue weighted by Crippen LogP contribution is -2.25. The zero-order valence-electron chi connectivity index (χ0n) is 18.0. The molecular weight excluding hydrogens is 505 g/mol. The molecule has 0 bridgehead atoms. The summed E-state index contributed by atoms with van der Waals surface area (Å²) < 4.78 is 50.9. The van der Waals surface area contributed by atoms with Crippen molar-refractivity contribution in [3.05, 3.63) is 76.3 Å². The van der Waals surface area contributed by atoms with E-state index in [0.717, 1.165) is 29.5 Å². The minimum Gasteiger partial charge on any atom is -0.489 e. The van der Waals surface area contributed by atoms with Gasteiger partial charge < -0.3 is 14.8 Å². The van der Waals surface area contributed by atoms with Crippen LogP contribution in [0.4, 0.5) is 18.0 Å². The van der Waals surface area contributed by atoms with Crippen LogP contribution in [0, 0.1) is 0 Å². The quantitative estimate of drug-likeness (QED) is 0.491. The fraction of sp³-hybridized carbons (Fsp3) is 0.261. The molecule has 4 rings (SSSR count). The summed E-state index contributed by atoms with van der Waals surface area (Å²) in [6.07, 6.45) is -5.29. The Bertz CT molecular complexity index is 1150. The number of carbonyl (C=O) groups is 3. The molecule has 0 aromatic heterocycles. The lowest BCUT2D eigenvalue weighted by Gasteiger charge is -2.20. The molecule has 2 N–H and O–H groups in total. The van der Waals surface area contributed by atoms with Gasteiger partial charge in [0.25, 0.3) is 5.24 Å². The first-order chi connectivity index (χ1) is 16.7. The van der Waals surface area contributed by atoms with Gasteiger partial charge in [0, 0.05) is 5.41 Å². The number of hydrogen-bond donors (Lipinski definition) is 2. The third kappa shape index (κ3) is 6.51. The summed E-state index contributed by atoms with van der Waals surface area (Å²) in [6.45, 7) is -0.220. The van der Waals surface area contributed by atoms with E-state index in [4.69, 9.17) is 9.47 Å². The minimum absolute atomic E-state index is 0.144. The maximum atomic E-state index is 13.2. The number of hydrogen-bond acceptors (Lipinski definition) is 8. The van der Waals surface area contributed by atoms with Crippen molar-refractivity contribution in [1.82, 2.24) is 10.6 Å². The third-order valence-electron chi connectivity index (χ3n) is 5.11. The number of carbonyl (C=O) groups excluding carboxylic acids is 3. The van der Waals surface area contributed by atoms with Gasteiger partial charge in [0.1, 0.15) is 18.1 Å². The number of thioether (sulfide) groups is 2. The summed E-state index contributed by atoms with van der Waals surface area (Å²) in [4.78, 5) is 35.5. The number of imide groups is 1. The monoisotopic (exact) mass is 524 g/mol. The van der Waals surface area contributed by atoms with E-state index in [2.05, 4.69) is 10.6 Å². The van der Waals surface area contributed by atoms with Crippen LogP contribution < -0.4 is 15.4 Å². The molecule has 2 aromatic rings. The van der Waals surface area contributed by atoms with Crippen molar-refractivity contribution in [2.75, 3.05) is 12.5 Å². The first-order valence-electron chi connectivity index (χ1n) is 10.4. The highest BCUT2D eigenvalue weighted by atomic mass is 32.2. The van der Waals surface area contributed by atoms with Crippen molar-refractivity contribution < 1.29 is 37.0 Å². The fourth-order valence-electron chi connectivity index (χ4n) is 3.35. The van der Waals surface area contributed by atoms with Gasteiger partial charge in [0.05, 0.1) is 16.7 Å². The summed E-state index contributed by atoms with van der Waals surface area (Å²) >= 11 is 2.30. The maximum absolute atomic E-state index is 13.2. The topological polar surface area (TPSA) is 93.7 Å². The van der Waals surface area contributed by atoms with Gasteiger partial charge in [-0.05, 0) is 41.8 Å². The molecule has 2 aliphatic heterocycles. The normalized spacial score (nSPS) is 18.5. The predicted molar refractivity (Wildman–Crippen MR) is 125 cm³/mol. The van der Waals surface area contributed by atoms with Crippen LogP contribution in [0.1, 0.15) is 22.8 Å². The van der Waals surface area contributed by atoms with Crippen molar-refractivity contribution >= 4 is 40.6 Å². The van der Waals surface area contributed by atoms with Crippen LogP contribution in [0.5, 0.6) is 5.75 Å². The predicted octanol–water partition coefficient (Wildman–Crippen LogP) is 4.40. The number of alkyl halides is 3. The number of benzene rings is 2. The Balaban J connectivity index is 1.45. The Morgan fingerprint density at radius 2 is 1.91 bits per heavy atom. The van der Waals surface area contributed by atoms with E-state index in [1.165, 1.54) is 23.9 Å². The van der Waals surface area contributed by atoms with Crippen LogP contribution in [0.2, 0.25) is 0 Å². The van der Waals surface area contributed by atoms with Gasteiger partial charge in [0.2, 0.25) is 5.91 Å². The van der Waals surface area contributed by atoms with Crippen LogP contribution in [0.3, 0.4) is 0 Å². The summed E-state index contributed by atoms with van der Waals surface area (Å²) in [6, 6.07) is 11.3. The van der Waals surface area contributed by atoms with Crippen LogP contribution >= 0.6 is 23.5 Å². The average Bonchev–Trinajstić information content (AvgIpc) is 3.47. The zero-order chi connectivity index (χ0) is 25.0. The molecule has 2 amide bonds. The van der Waals surface area contributed by atoms with Crippen molar-refractivity contribution in [3.63, 3.8) is 0 Å². The molecule has 184 valence electrons. The molecule has 1 fully saturated rings. The molecule has 1 saturated heterocycles. The Hall–Kier alpha value is -3.12. The SMILES string of the molecule is O=C1NC(=O)C(Cc2ccc(OC[C@H](OC(=O)C3=CSCN3)c3cccc(C(F)(F)F)c3)cc2)S1. The van der Waals surface area contributed by atoms with E-state index >= 15 is 0 Å². The van der Waals surface area contributed by atoms with Crippen LogP contribution in [-0.4, -0.2) is 34.8 Å². The standard InChI is InChI=1S/C23H19F3N2O5S2/c24-23(25,26)15-3-1-2-14(9-15)18(33-21(30)17-11-34-12-27-17)10-32-16-6-4-13(5-7-16)8-19-20(29)28-22(31)35-19/h1-7,9,11,18-19,27H,8,10,12H2,(H,28,29,31)/t18-,19?/m0/s1. The third-order valence-corrected chi connectivity index (χ3v) is 6.81. The molecule has 0 radical (unpaired) electrons. The molecule has 0 spiro atoms. The van der Waals surface area contributed by atoms with Crippen molar-refractivity contribution in [2.24, 2.45) is 0 Å². The number of nitrogens with one attached hydrogen (secondary N) is 2. The highest BCUT2D eigenvalue weighted by molar-refractivity contribution is 8.15. The van der Waals surface area contributed by atoms with E-state index in [0.29, 0.717) is 18.0 Å². The summed E-state index contributed by atoms with van der Waals surface area (Å²) in [7, 11) is 0. The molecule has 12 heteroatoms. The highest BCUT2D eigenvalue weighted by Gasteiger charge is 2.33. The molecule has 2 heterocycles. The van der Waals surface area contributed by atoms with Crippen LogP contribution in [0.25, 0.3) is 0 Å². The number of halogens is 3. The number of esters is 1. The summed E-state index contributed by atoms with van der Waals surface area (Å²) in [5, 5.41) is 5.78. The van der Waals surface area contributed by atoms with Crippen LogP contribution in [-0.2, 0) is 26.9 Å². The largest absolute Gasteiger partial charge is 0.489 e. The zero-order valence-corrected chi connectivity index (χ0v) is 19.6. The lowest BCUT2D eigenvalue weighted by atomic mass is 10.1. The number of rotatable bonds is 8. The number of ether oxygens (including phenoxy) is 2. The Morgan fingerprint density at radius 3 is 2.54 bits per heavy atom. The fourth-order valence-corrected chi connectivity index (χ4v) is 4.88. The maximum Gasteiger partial charge on any atom is 0.416 e. The molecule has 1 unspecified atom stereocenters. The van der Waals surface area contributed by atoms with Gasteiger partial charge in [-0.2, -0.15) is 13.2 Å². The molecule has 2 aliphatic rings. The second-order valence-corrected chi connectivity index (χ2v) is 9.61. The first-order valence-corrected chi connectivity index (χ1v) is 12.3. The van der Waals surface area contributed by atoms with Gasteiger partial charge >= 0.3 is 12.1 Å². The van der Waals surface area contributed by atoms with Crippen molar-refractivity contribution in [3.8, 4) is 5.75 Å². The molecular formula is C23H19F3N2O5S2. The van der Waals surface area contributed by atoms with Gasteiger partial charge in [0.15, 0.2) is 6.10 Å². The van der Waals surface area contributed by atoms with Crippen molar-refractivity contribution in [1.29, 1.82) is 0 Å². The highest BCUT2D eigenvalue weighted by Crippen LogP contribution is 2.32. The molecule has 2 aromatic carbocycles. The van der Waals surface area contributed by atoms with Crippen LogP contribution in [0.15, 0.2) is 59.6 Å². The van der Waals surface area contributed by atoms with E-state index in [9.17, 15) is 27.6 Å². The van der Waals surface area contributed by atoms with E-state index in [-0.39, 0.29) is 29.0 Å². The molecule has 35 heavy (non-hydrogen) atoms. The Labute approximate surface area is 206 Å². The second-order valence-electron chi connectivity index (χ2n) is 7.58. The average molecular weight is 525 g/mol. The van der Waals surface area contributed by atoms with E-state index in [1.54, 1.807) is 29.7 Å². The summed E-state index contributed by atoms with van der Waals surface area (Å²) in [5.74, 6) is -0.138.